The quantitative estimate of drug-likeness (QED) is 0.414. The molecule has 1 N–H and O–H groups in total. The molecule has 5 nitrogen and oxygen atoms in total. The van der Waals surface area contributed by atoms with Gasteiger partial charge in [-0.3, -0.25) is 4.79 Å². The number of aryl methyl sites for hydroxylation is 1. The van der Waals surface area contributed by atoms with Crippen LogP contribution in [0.4, 0.5) is 5.69 Å². The predicted octanol–water partition coefficient (Wildman–Crippen LogP) is 5.91. The van der Waals surface area contributed by atoms with E-state index in [0.717, 1.165) is 33.2 Å². The summed E-state index contributed by atoms with van der Waals surface area (Å²) < 4.78 is 5.86. The Kier molecular flexibility index (Phi) is 4.29. The highest BCUT2D eigenvalue weighted by molar-refractivity contribution is 6.13. The molecule has 2 aromatic heterocycles. The molecule has 0 spiro atoms. The Hall–Kier alpha value is -3.99. The summed E-state index contributed by atoms with van der Waals surface area (Å²) in [5.41, 5.74) is 5.41. The number of nitrogens with zero attached hydrogens (tertiary/aromatic N) is 2. The number of benzene rings is 3. The van der Waals surface area contributed by atoms with Crippen molar-refractivity contribution in [3.63, 3.8) is 0 Å². The topological polar surface area (TPSA) is 68.0 Å². The van der Waals surface area contributed by atoms with E-state index in [0.29, 0.717) is 22.7 Å². The molecular formula is C25H19N3O2. The third kappa shape index (κ3) is 3.01. The maximum Gasteiger partial charge on any atom is 0.256 e. The summed E-state index contributed by atoms with van der Waals surface area (Å²) >= 11 is 0. The van der Waals surface area contributed by atoms with Gasteiger partial charge in [0, 0.05) is 23.0 Å². The number of amides is 1. The molecule has 0 atom stereocenters. The van der Waals surface area contributed by atoms with Crippen LogP contribution in [-0.2, 0) is 0 Å². The van der Waals surface area contributed by atoms with Crippen LogP contribution in [0.25, 0.3) is 33.5 Å². The van der Waals surface area contributed by atoms with Crippen molar-refractivity contribution in [2.45, 2.75) is 13.8 Å². The zero-order valence-electron chi connectivity index (χ0n) is 16.6. The molecule has 0 aliphatic heterocycles. The number of fused-ring (bicyclic) bond motifs is 2. The number of hydrogen-bond acceptors (Lipinski definition) is 4. The Labute approximate surface area is 173 Å². The lowest BCUT2D eigenvalue weighted by Crippen LogP contribution is -2.13. The first-order valence-corrected chi connectivity index (χ1v) is 9.73. The van der Waals surface area contributed by atoms with Gasteiger partial charge in [-0.05, 0) is 66.1 Å². The molecule has 0 aliphatic carbocycles. The Morgan fingerprint density at radius 2 is 1.73 bits per heavy atom. The van der Waals surface area contributed by atoms with Crippen molar-refractivity contribution in [2.24, 2.45) is 0 Å². The van der Waals surface area contributed by atoms with E-state index >= 15 is 0 Å². The van der Waals surface area contributed by atoms with Gasteiger partial charge >= 0.3 is 0 Å². The van der Waals surface area contributed by atoms with E-state index in [2.05, 4.69) is 15.3 Å². The number of carbonyl (C=O) groups excluding carboxylic acids is 1. The molecule has 0 fully saturated rings. The van der Waals surface area contributed by atoms with Gasteiger partial charge in [0.25, 0.3) is 5.91 Å². The fraction of sp³-hybridized carbons (Fsp3) is 0.0800. The van der Waals surface area contributed by atoms with Crippen molar-refractivity contribution in [2.75, 3.05) is 5.32 Å². The normalized spacial score (nSPS) is 11.1. The average molecular weight is 393 g/mol. The fourth-order valence-electron chi connectivity index (χ4n) is 3.72. The van der Waals surface area contributed by atoms with Gasteiger partial charge in [0.2, 0.25) is 5.89 Å². The molecule has 30 heavy (non-hydrogen) atoms. The molecule has 146 valence electrons. The molecule has 5 rings (SSSR count). The lowest BCUT2D eigenvalue weighted by molar-refractivity contribution is 0.102. The van der Waals surface area contributed by atoms with Crippen LogP contribution in [0.3, 0.4) is 0 Å². The molecule has 3 aromatic carbocycles. The predicted molar refractivity (Wildman–Crippen MR) is 119 cm³/mol. The van der Waals surface area contributed by atoms with Gasteiger partial charge in [-0.15, -0.1) is 0 Å². The number of aromatic nitrogens is 2. The zero-order valence-corrected chi connectivity index (χ0v) is 16.6. The highest BCUT2D eigenvalue weighted by Crippen LogP contribution is 2.31. The van der Waals surface area contributed by atoms with Gasteiger partial charge < -0.3 is 9.73 Å². The average Bonchev–Trinajstić information content (AvgIpc) is 3.19. The Bertz CT molecular complexity index is 1390. The highest BCUT2D eigenvalue weighted by Gasteiger charge is 2.16. The van der Waals surface area contributed by atoms with E-state index < -0.39 is 0 Å². The Morgan fingerprint density at radius 3 is 2.57 bits per heavy atom. The van der Waals surface area contributed by atoms with Crippen LogP contribution >= 0.6 is 0 Å². The molecule has 5 aromatic rings. The molecule has 1 amide bonds. The van der Waals surface area contributed by atoms with E-state index in [4.69, 9.17) is 4.42 Å². The molecule has 0 radical (unpaired) electrons. The van der Waals surface area contributed by atoms with Crippen LogP contribution in [0.2, 0.25) is 0 Å². The van der Waals surface area contributed by atoms with E-state index in [1.807, 2.05) is 80.6 Å². The van der Waals surface area contributed by atoms with Gasteiger partial charge in [0.05, 0.1) is 0 Å². The van der Waals surface area contributed by atoms with Gasteiger partial charge in [-0.2, -0.15) is 4.98 Å². The summed E-state index contributed by atoms with van der Waals surface area (Å²) in [4.78, 5) is 21.8. The van der Waals surface area contributed by atoms with Gasteiger partial charge in [0.15, 0.2) is 11.2 Å². The second-order valence-corrected chi connectivity index (χ2v) is 7.25. The minimum absolute atomic E-state index is 0.148. The molecule has 0 bridgehead atoms. The second-order valence-electron chi connectivity index (χ2n) is 7.25. The molecule has 5 heteroatoms. The van der Waals surface area contributed by atoms with Crippen molar-refractivity contribution in [1.29, 1.82) is 0 Å². The number of carbonyl (C=O) groups is 1. The number of hydrogen-bond donors (Lipinski definition) is 1. The SMILES string of the molecule is Cc1c(NC(=O)c2ccc(C)c3ccccc23)cccc1-c1nc2ncccc2o1. The van der Waals surface area contributed by atoms with Crippen LogP contribution in [0.1, 0.15) is 21.5 Å². The first-order chi connectivity index (χ1) is 14.6. The van der Waals surface area contributed by atoms with Crippen LogP contribution < -0.4 is 5.32 Å². The third-order valence-electron chi connectivity index (χ3n) is 5.36. The Morgan fingerprint density at radius 1 is 0.900 bits per heavy atom. The summed E-state index contributed by atoms with van der Waals surface area (Å²) in [6.45, 7) is 3.99. The number of oxazole rings is 1. The zero-order chi connectivity index (χ0) is 20.7. The van der Waals surface area contributed by atoms with Gasteiger partial charge in [-0.1, -0.05) is 36.4 Å². The third-order valence-corrected chi connectivity index (χ3v) is 5.36. The Balaban J connectivity index is 1.52. The van der Waals surface area contributed by atoms with Crippen LogP contribution in [0, 0.1) is 13.8 Å². The summed E-state index contributed by atoms with van der Waals surface area (Å²) in [7, 11) is 0. The highest BCUT2D eigenvalue weighted by atomic mass is 16.3. The molecule has 0 aliphatic rings. The number of rotatable bonds is 3. The van der Waals surface area contributed by atoms with Crippen molar-refractivity contribution in [3.05, 3.63) is 89.6 Å². The van der Waals surface area contributed by atoms with Crippen molar-refractivity contribution < 1.29 is 9.21 Å². The molecule has 0 unspecified atom stereocenters. The summed E-state index contributed by atoms with van der Waals surface area (Å²) in [5, 5.41) is 5.08. The number of pyridine rings is 1. The van der Waals surface area contributed by atoms with Crippen LogP contribution in [0.15, 0.2) is 77.3 Å². The summed E-state index contributed by atoms with van der Waals surface area (Å²) in [6, 6.07) is 21.1. The maximum atomic E-state index is 13.1. The van der Waals surface area contributed by atoms with Crippen LogP contribution in [0.5, 0.6) is 0 Å². The lowest BCUT2D eigenvalue weighted by atomic mass is 9.99. The minimum Gasteiger partial charge on any atom is -0.434 e. The van der Waals surface area contributed by atoms with Gasteiger partial charge in [0.1, 0.15) is 0 Å². The molecule has 0 saturated carbocycles. The second kappa shape index (κ2) is 7.12. The molecular weight excluding hydrogens is 374 g/mol. The monoisotopic (exact) mass is 393 g/mol. The van der Waals surface area contributed by atoms with Crippen LogP contribution in [-0.4, -0.2) is 15.9 Å². The van der Waals surface area contributed by atoms with Crippen molar-refractivity contribution in [3.8, 4) is 11.5 Å². The fourth-order valence-corrected chi connectivity index (χ4v) is 3.72. The van der Waals surface area contributed by atoms with E-state index in [-0.39, 0.29) is 5.91 Å². The maximum absolute atomic E-state index is 13.1. The lowest BCUT2D eigenvalue weighted by Gasteiger charge is -2.13. The number of nitrogens with one attached hydrogen (secondary N) is 1. The summed E-state index contributed by atoms with van der Waals surface area (Å²) in [5.74, 6) is 0.337. The summed E-state index contributed by atoms with van der Waals surface area (Å²) in [6.07, 6.45) is 1.68. The minimum atomic E-state index is -0.148. The molecule has 2 heterocycles. The van der Waals surface area contributed by atoms with E-state index in [1.54, 1.807) is 6.20 Å². The van der Waals surface area contributed by atoms with E-state index in [9.17, 15) is 4.79 Å². The first-order valence-electron chi connectivity index (χ1n) is 9.73. The van der Waals surface area contributed by atoms with Crippen molar-refractivity contribution in [1.82, 2.24) is 9.97 Å². The van der Waals surface area contributed by atoms with Crippen molar-refractivity contribution >= 4 is 33.6 Å². The standard InChI is InChI=1S/C25H19N3O2/c1-15-12-13-20(19-8-4-3-7-17(15)19)24(29)27-21-10-5-9-18(16(21)2)25-28-23-22(30-25)11-6-14-26-23/h3-14H,1-2H3,(H,27,29). The smallest absolute Gasteiger partial charge is 0.256 e. The van der Waals surface area contributed by atoms with Gasteiger partial charge in [-0.25, -0.2) is 4.98 Å². The van der Waals surface area contributed by atoms with E-state index in [1.165, 1.54) is 0 Å². The number of anilines is 1. The first kappa shape index (κ1) is 18.1. The molecule has 0 saturated heterocycles. The largest absolute Gasteiger partial charge is 0.434 e.